The summed E-state index contributed by atoms with van der Waals surface area (Å²) in [5.41, 5.74) is 5.21. The van der Waals surface area contributed by atoms with E-state index < -0.39 is 25.0 Å². The van der Waals surface area contributed by atoms with Crippen molar-refractivity contribution in [3.63, 3.8) is 0 Å². The van der Waals surface area contributed by atoms with Crippen LogP contribution in [-0.2, 0) is 27.7 Å². The van der Waals surface area contributed by atoms with Gasteiger partial charge in [-0.05, 0) is 0 Å². The molecule has 0 fully saturated rings. The number of hydrogen-bond donors (Lipinski definition) is 1. The fourth-order valence-corrected chi connectivity index (χ4v) is 4.25. The van der Waals surface area contributed by atoms with Crippen molar-refractivity contribution in [1.82, 2.24) is 0 Å². The van der Waals surface area contributed by atoms with E-state index in [-0.39, 0.29) is 5.17 Å². The molecule has 54 valence electrons. The third-order valence-corrected chi connectivity index (χ3v) is 7.05. The van der Waals surface area contributed by atoms with Crippen LogP contribution in [0.3, 0.4) is 0 Å². The zero-order valence-electron chi connectivity index (χ0n) is 5.99. The van der Waals surface area contributed by atoms with Gasteiger partial charge in [-0.3, -0.25) is 0 Å². The number of thiocarbonyl (C=S) groups is 1. The van der Waals surface area contributed by atoms with E-state index in [9.17, 15) is 0 Å². The monoisotopic (exact) mass is 355 g/mol. The van der Waals surface area contributed by atoms with Crippen LogP contribution in [-0.4, -0.2) is 5.17 Å². The van der Waals surface area contributed by atoms with Crippen LogP contribution >= 0.6 is 12.2 Å². The Morgan fingerprint density at radius 1 is 1.36 bits per heavy atom. The SMILES string of the molecule is NC(=S)[O][Hg][c]1ccccc1. The molecule has 1 rings (SSSR count). The summed E-state index contributed by atoms with van der Waals surface area (Å²) in [6.07, 6.45) is 0. The molecular formula is C7H7HgNOS. The summed E-state index contributed by atoms with van der Waals surface area (Å²) >= 11 is 3.17. The first kappa shape index (κ1) is 8.94. The molecule has 2 N–H and O–H groups in total. The molecule has 0 aliphatic heterocycles. The average Bonchev–Trinajstić information content (AvgIpc) is 2.03. The Kier molecular flexibility index (Phi) is 3.79. The van der Waals surface area contributed by atoms with Gasteiger partial charge in [-0.15, -0.1) is 0 Å². The maximum atomic E-state index is 5.21. The molecule has 0 aliphatic carbocycles. The van der Waals surface area contributed by atoms with Crippen LogP contribution in [0.15, 0.2) is 30.3 Å². The summed E-state index contributed by atoms with van der Waals surface area (Å²) in [4.78, 5) is 0. The van der Waals surface area contributed by atoms with Crippen LogP contribution < -0.4 is 8.81 Å². The molecule has 0 saturated carbocycles. The summed E-state index contributed by atoms with van der Waals surface area (Å²) in [6.45, 7) is 0. The maximum absolute atomic E-state index is 5.21. The quantitative estimate of drug-likeness (QED) is 0.624. The zero-order chi connectivity index (χ0) is 8.10. The Morgan fingerprint density at radius 2 is 2.00 bits per heavy atom. The van der Waals surface area contributed by atoms with E-state index in [0.29, 0.717) is 0 Å². The summed E-state index contributed by atoms with van der Waals surface area (Å²) in [5, 5.41) is 0.190. The number of hydrogen-bond acceptors (Lipinski definition) is 2. The molecule has 0 bridgehead atoms. The van der Waals surface area contributed by atoms with E-state index in [1.807, 2.05) is 18.2 Å². The molecule has 0 amide bonds. The van der Waals surface area contributed by atoms with Gasteiger partial charge in [0.2, 0.25) is 0 Å². The number of rotatable bonds is 2. The van der Waals surface area contributed by atoms with Gasteiger partial charge in [0.15, 0.2) is 0 Å². The Labute approximate surface area is 83.8 Å². The second-order valence-corrected chi connectivity index (χ2v) is 7.91. The van der Waals surface area contributed by atoms with Gasteiger partial charge in [-0.25, -0.2) is 0 Å². The van der Waals surface area contributed by atoms with Gasteiger partial charge in [-0.2, -0.15) is 0 Å². The first-order valence-electron chi connectivity index (χ1n) is 3.25. The first-order valence-corrected chi connectivity index (χ1v) is 8.65. The molecular weight excluding hydrogens is 347 g/mol. The Balaban J connectivity index is 2.45. The topological polar surface area (TPSA) is 35.2 Å². The summed E-state index contributed by atoms with van der Waals surface area (Å²) < 4.78 is 6.45. The van der Waals surface area contributed by atoms with Gasteiger partial charge >= 0.3 is 84.2 Å². The van der Waals surface area contributed by atoms with Gasteiger partial charge in [0.05, 0.1) is 0 Å². The summed E-state index contributed by atoms with van der Waals surface area (Å²) in [5.74, 6) is 0. The standard InChI is InChI=1S/C6H5.CH3NOS.Hg/c1-2-4-6-5-3-1;2-1(3)4;/h1-5H;(H3,2,3,4);/q;;+1/p-1. The van der Waals surface area contributed by atoms with Gasteiger partial charge in [0.25, 0.3) is 0 Å². The number of nitrogens with two attached hydrogens (primary N) is 1. The van der Waals surface area contributed by atoms with E-state index in [4.69, 9.17) is 8.38 Å². The zero-order valence-corrected chi connectivity index (χ0v) is 12.3. The van der Waals surface area contributed by atoms with Gasteiger partial charge in [0, 0.05) is 0 Å². The molecule has 0 heterocycles. The second-order valence-electron chi connectivity index (χ2n) is 2.09. The predicted molar refractivity (Wildman–Crippen MR) is 43.9 cm³/mol. The van der Waals surface area contributed by atoms with Crippen molar-refractivity contribution in [2.24, 2.45) is 5.73 Å². The van der Waals surface area contributed by atoms with E-state index in [0.717, 1.165) is 0 Å². The molecule has 0 aliphatic rings. The Bertz CT molecular complexity index is 239. The van der Waals surface area contributed by atoms with Crippen molar-refractivity contribution in [2.45, 2.75) is 0 Å². The molecule has 11 heavy (non-hydrogen) atoms. The second kappa shape index (κ2) is 4.67. The molecule has 0 unspecified atom stereocenters. The van der Waals surface area contributed by atoms with Crippen molar-refractivity contribution >= 4 is 20.5 Å². The van der Waals surface area contributed by atoms with Gasteiger partial charge in [0.1, 0.15) is 0 Å². The van der Waals surface area contributed by atoms with Crippen LogP contribution in [0.5, 0.6) is 0 Å². The third-order valence-electron chi connectivity index (χ3n) is 1.22. The number of benzene rings is 1. The van der Waals surface area contributed by atoms with Crippen molar-refractivity contribution in [2.75, 3.05) is 0 Å². The minimum atomic E-state index is -1.43. The van der Waals surface area contributed by atoms with Crippen LogP contribution in [0.25, 0.3) is 0 Å². The summed E-state index contributed by atoms with van der Waals surface area (Å²) in [6, 6.07) is 10.1. The fraction of sp³-hybridized carbons (Fsp3) is 0. The molecule has 0 radical (unpaired) electrons. The minimum absolute atomic E-state index is 0.190. The van der Waals surface area contributed by atoms with Crippen molar-refractivity contribution in [3.05, 3.63) is 30.3 Å². The van der Waals surface area contributed by atoms with Crippen LogP contribution in [0.1, 0.15) is 0 Å². The Hall–Kier alpha value is -0.155. The summed E-state index contributed by atoms with van der Waals surface area (Å²) in [7, 11) is 0. The molecule has 1 aromatic carbocycles. The predicted octanol–water partition coefficient (Wildman–Crippen LogP) is 0.570. The molecule has 0 atom stereocenters. The van der Waals surface area contributed by atoms with Gasteiger partial charge < -0.3 is 0 Å². The van der Waals surface area contributed by atoms with E-state index in [2.05, 4.69) is 24.4 Å². The first-order chi connectivity index (χ1) is 5.29. The normalized spacial score (nSPS) is 8.36. The van der Waals surface area contributed by atoms with Crippen LogP contribution in [0.2, 0.25) is 0 Å². The van der Waals surface area contributed by atoms with E-state index >= 15 is 0 Å². The van der Waals surface area contributed by atoms with Gasteiger partial charge in [-0.1, -0.05) is 0 Å². The van der Waals surface area contributed by atoms with E-state index in [1.165, 1.54) is 3.07 Å². The van der Waals surface area contributed by atoms with Crippen LogP contribution in [0, 0.1) is 0 Å². The molecule has 1 aromatic rings. The molecule has 2 nitrogen and oxygen atoms in total. The molecule has 0 saturated heterocycles. The van der Waals surface area contributed by atoms with Crippen molar-refractivity contribution in [3.8, 4) is 0 Å². The van der Waals surface area contributed by atoms with Crippen LogP contribution in [0.4, 0.5) is 0 Å². The van der Waals surface area contributed by atoms with E-state index in [1.54, 1.807) is 0 Å². The van der Waals surface area contributed by atoms with Crippen molar-refractivity contribution < 1.29 is 27.7 Å². The molecule has 0 spiro atoms. The molecule has 4 heteroatoms. The average molecular weight is 354 g/mol. The fourth-order valence-electron chi connectivity index (χ4n) is 0.729. The third kappa shape index (κ3) is 3.67. The Morgan fingerprint density at radius 3 is 2.55 bits per heavy atom. The molecule has 0 aromatic heterocycles. The van der Waals surface area contributed by atoms with Crippen molar-refractivity contribution in [1.29, 1.82) is 0 Å².